The van der Waals surface area contributed by atoms with E-state index in [1.807, 2.05) is 13.0 Å². The fourth-order valence-corrected chi connectivity index (χ4v) is 1.66. The van der Waals surface area contributed by atoms with Crippen molar-refractivity contribution in [2.75, 3.05) is 7.11 Å². The van der Waals surface area contributed by atoms with Crippen molar-refractivity contribution in [3.05, 3.63) is 28.6 Å². The predicted octanol–water partition coefficient (Wildman–Crippen LogP) is 2.17. The van der Waals surface area contributed by atoms with E-state index in [4.69, 9.17) is 26.6 Å². The molecule has 2 aromatic rings. The standard InChI is InChI=1S/C11H12ClN3O2/c1-6-8(12)3-7(4-9(6)16-2)11-14-10(5-13)17-15-11/h3-4H,5,13H2,1-2H3. The summed E-state index contributed by atoms with van der Waals surface area (Å²) in [5.41, 5.74) is 7.02. The molecule has 1 aromatic carbocycles. The lowest BCUT2D eigenvalue weighted by molar-refractivity contribution is 0.380. The van der Waals surface area contributed by atoms with E-state index < -0.39 is 0 Å². The molecule has 0 aliphatic rings. The molecule has 17 heavy (non-hydrogen) atoms. The van der Waals surface area contributed by atoms with Crippen LogP contribution in [-0.2, 0) is 6.54 Å². The summed E-state index contributed by atoms with van der Waals surface area (Å²) in [5, 5.41) is 4.42. The first-order chi connectivity index (χ1) is 8.15. The van der Waals surface area contributed by atoms with Gasteiger partial charge in [0, 0.05) is 16.1 Å². The quantitative estimate of drug-likeness (QED) is 0.907. The number of ether oxygens (including phenoxy) is 1. The third-order valence-corrected chi connectivity index (χ3v) is 2.81. The lowest BCUT2D eigenvalue weighted by atomic mass is 10.1. The Morgan fingerprint density at radius 3 is 2.82 bits per heavy atom. The van der Waals surface area contributed by atoms with Gasteiger partial charge in [0.2, 0.25) is 11.7 Å². The molecule has 0 radical (unpaired) electrons. The molecule has 0 saturated carbocycles. The number of aromatic nitrogens is 2. The Hall–Kier alpha value is -1.59. The van der Waals surface area contributed by atoms with E-state index >= 15 is 0 Å². The molecule has 0 amide bonds. The normalized spacial score (nSPS) is 10.6. The van der Waals surface area contributed by atoms with Gasteiger partial charge >= 0.3 is 0 Å². The number of rotatable bonds is 3. The molecule has 0 fully saturated rings. The topological polar surface area (TPSA) is 74.2 Å². The molecular weight excluding hydrogens is 242 g/mol. The largest absolute Gasteiger partial charge is 0.496 e. The maximum absolute atomic E-state index is 6.10. The number of hydrogen-bond acceptors (Lipinski definition) is 5. The average Bonchev–Trinajstić information content (AvgIpc) is 2.81. The third kappa shape index (κ3) is 2.25. The summed E-state index contributed by atoms with van der Waals surface area (Å²) in [4.78, 5) is 4.13. The summed E-state index contributed by atoms with van der Waals surface area (Å²) in [6.07, 6.45) is 0. The van der Waals surface area contributed by atoms with Gasteiger partial charge in [0.25, 0.3) is 0 Å². The van der Waals surface area contributed by atoms with Gasteiger partial charge in [-0.1, -0.05) is 16.8 Å². The van der Waals surface area contributed by atoms with E-state index in [0.717, 1.165) is 11.1 Å². The van der Waals surface area contributed by atoms with Crippen LogP contribution >= 0.6 is 11.6 Å². The van der Waals surface area contributed by atoms with Gasteiger partial charge in [-0.2, -0.15) is 4.98 Å². The van der Waals surface area contributed by atoms with Crippen molar-refractivity contribution in [2.45, 2.75) is 13.5 Å². The second-order valence-corrected chi connectivity index (χ2v) is 3.91. The van der Waals surface area contributed by atoms with Crippen LogP contribution in [0.25, 0.3) is 11.4 Å². The highest BCUT2D eigenvalue weighted by molar-refractivity contribution is 6.31. The fourth-order valence-electron chi connectivity index (χ4n) is 1.45. The summed E-state index contributed by atoms with van der Waals surface area (Å²) in [6, 6.07) is 3.58. The molecule has 2 N–H and O–H groups in total. The molecule has 1 heterocycles. The highest BCUT2D eigenvalue weighted by atomic mass is 35.5. The van der Waals surface area contributed by atoms with Crippen LogP contribution in [0.4, 0.5) is 0 Å². The van der Waals surface area contributed by atoms with Crippen LogP contribution in [0.1, 0.15) is 11.5 Å². The zero-order chi connectivity index (χ0) is 12.4. The summed E-state index contributed by atoms with van der Waals surface area (Å²) >= 11 is 6.10. The van der Waals surface area contributed by atoms with E-state index in [1.54, 1.807) is 13.2 Å². The van der Waals surface area contributed by atoms with Crippen molar-refractivity contribution < 1.29 is 9.26 Å². The van der Waals surface area contributed by atoms with Gasteiger partial charge in [-0.25, -0.2) is 0 Å². The van der Waals surface area contributed by atoms with Gasteiger partial charge < -0.3 is 15.0 Å². The molecule has 0 bridgehead atoms. The number of benzene rings is 1. The SMILES string of the molecule is COc1cc(-c2noc(CN)n2)cc(Cl)c1C. The van der Waals surface area contributed by atoms with Gasteiger partial charge in [-0.3, -0.25) is 0 Å². The van der Waals surface area contributed by atoms with Crippen LogP contribution in [0.15, 0.2) is 16.7 Å². The highest BCUT2D eigenvalue weighted by Crippen LogP contribution is 2.31. The van der Waals surface area contributed by atoms with Gasteiger partial charge in [-0.05, 0) is 19.1 Å². The summed E-state index contributed by atoms with van der Waals surface area (Å²) in [5.74, 6) is 1.52. The van der Waals surface area contributed by atoms with Crippen LogP contribution in [0, 0.1) is 6.92 Å². The van der Waals surface area contributed by atoms with E-state index in [2.05, 4.69) is 10.1 Å². The number of halogens is 1. The molecule has 0 aliphatic carbocycles. The zero-order valence-corrected chi connectivity index (χ0v) is 10.3. The number of methoxy groups -OCH3 is 1. The molecule has 6 heteroatoms. The Morgan fingerprint density at radius 2 is 2.24 bits per heavy atom. The van der Waals surface area contributed by atoms with Gasteiger partial charge in [0.05, 0.1) is 13.7 Å². The molecule has 0 unspecified atom stereocenters. The van der Waals surface area contributed by atoms with Crippen molar-refractivity contribution >= 4 is 11.6 Å². The van der Waals surface area contributed by atoms with Crippen molar-refractivity contribution in [2.24, 2.45) is 5.73 Å². The minimum absolute atomic E-state index is 0.212. The molecule has 90 valence electrons. The minimum atomic E-state index is 0.212. The Morgan fingerprint density at radius 1 is 1.47 bits per heavy atom. The number of nitrogens with zero attached hydrogens (tertiary/aromatic N) is 2. The molecule has 0 atom stereocenters. The van der Waals surface area contributed by atoms with E-state index in [0.29, 0.717) is 22.5 Å². The van der Waals surface area contributed by atoms with Crippen LogP contribution in [0.3, 0.4) is 0 Å². The highest BCUT2D eigenvalue weighted by Gasteiger charge is 2.12. The Bertz CT molecular complexity index is 540. The van der Waals surface area contributed by atoms with E-state index in [-0.39, 0.29) is 6.54 Å². The lowest BCUT2D eigenvalue weighted by Crippen LogP contribution is -1.96. The molecular formula is C11H12ClN3O2. The van der Waals surface area contributed by atoms with Crippen LogP contribution in [0.5, 0.6) is 5.75 Å². The molecule has 2 rings (SSSR count). The number of hydrogen-bond donors (Lipinski definition) is 1. The Balaban J connectivity index is 2.48. The smallest absolute Gasteiger partial charge is 0.240 e. The van der Waals surface area contributed by atoms with Crippen LogP contribution in [-0.4, -0.2) is 17.3 Å². The van der Waals surface area contributed by atoms with Crippen molar-refractivity contribution in [1.29, 1.82) is 0 Å². The lowest BCUT2D eigenvalue weighted by Gasteiger charge is -2.07. The van der Waals surface area contributed by atoms with Crippen molar-refractivity contribution in [3.63, 3.8) is 0 Å². The van der Waals surface area contributed by atoms with E-state index in [9.17, 15) is 0 Å². The maximum atomic E-state index is 6.10. The average molecular weight is 254 g/mol. The van der Waals surface area contributed by atoms with Gasteiger partial charge in [0.1, 0.15) is 5.75 Å². The fraction of sp³-hybridized carbons (Fsp3) is 0.273. The van der Waals surface area contributed by atoms with E-state index in [1.165, 1.54) is 0 Å². The maximum Gasteiger partial charge on any atom is 0.240 e. The molecule has 1 aromatic heterocycles. The second-order valence-electron chi connectivity index (χ2n) is 3.50. The second kappa shape index (κ2) is 4.73. The Labute approximate surface area is 104 Å². The Kier molecular flexibility index (Phi) is 3.31. The minimum Gasteiger partial charge on any atom is -0.496 e. The summed E-state index contributed by atoms with van der Waals surface area (Å²) < 4.78 is 10.2. The first-order valence-electron chi connectivity index (χ1n) is 5.03. The first kappa shape index (κ1) is 11.9. The first-order valence-corrected chi connectivity index (χ1v) is 5.40. The summed E-state index contributed by atoms with van der Waals surface area (Å²) in [7, 11) is 1.59. The zero-order valence-electron chi connectivity index (χ0n) is 9.53. The third-order valence-electron chi connectivity index (χ3n) is 2.42. The molecule has 5 nitrogen and oxygen atoms in total. The molecule has 0 aliphatic heterocycles. The summed E-state index contributed by atoms with van der Waals surface area (Å²) in [6.45, 7) is 2.09. The predicted molar refractivity (Wildman–Crippen MR) is 63.9 cm³/mol. The van der Waals surface area contributed by atoms with Gasteiger partial charge in [-0.15, -0.1) is 0 Å². The van der Waals surface area contributed by atoms with Crippen LogP contribution in [0.2, 0.25) is 5.02 Å². The van der Waals surface area contributed by atoms with Crippen LogP contribution < -0.4 is 10.5 Å². The number of nitrogens with two attached hydrogens (primary N) is 1. The molecule has 0 saturated heterocycles. The van der Waals surface area contributed by atoms with Crippen molar-refractivity contribution in [1.82, 2.24) is 10.1 Å². The molecule has 0 spiro atoms. The van der Waals surface area contributed by atoms with Crippen molar-refractivity contribution in [3.8, 4) is 17.1 Å². The monoisotopic (exact) mass is 253 g/mol. The van der Waals surface area contributed by atoms with Gasteiger partial charge in [0.15, 0.2) is 0 Å².